The lowest BCUT2D eigenvalue weighted by molar-refractivity contribution is -0.155. The van der Waals surface area contributed by atoms with Crippen LogP contribution in [0.1, 0.15) is 65.3 Å². The number of benzene rings is 1. The molecule has 2 aromatic rings. The normalized spacial score (nSPS) is 22.2. The van der Waals surface area contributed by atoms with Crippen LogP contribution in [0.5, 0.6) is 0 Å². The standard InChI is InChI=1S/C21H28N2O3/c1-13(18-22-17-8-6-5-7-16(17)19(24)23-18)26-20(25)14-9-11-15(12-10-14)21(2,3)4/h5-8,13-15H,9-12H2,1-4H3,(H,22,23,24). The van der Waals surface area contributed by atoms with E-state index in [9.17, 15) is 9.59 Å². The fraction of sp³-hybridized carbons (Fsp3) is 0.571. The lowest BCUT2D eigenvalue weighted by Crippen LogP contribution is -2.30. The summed E-state index contributed by atoms with van der Waals surface area (Å²) >= 11 is 0. The van der Waals surface area contributed by atoms with Crippen molar-refractivity contribution < 1.29 is 9.53 Å². The minimum atomic E-state index is -0.569. The van der Waals surface area contributed by atoms with Crippen LogP contribution in [0.3, 0.4) is 0 Å². The highest BCUT2D eigenvalue weighted by Gasteiger charge is 2.33. The largest absolute Gasteiger partial charge is 0.454 e. The average Bonchev–Trinajstić information content (AvgIpc) is 2.61. The molecule has 0 spiro atoms. The van der Waals surface area contributed by atoms with E-state index in [1.807, 2.05) is 6.07 Å². The van der Waals surface area contributed by atoms with Crippen LogP contribution >= 0.6 is 0 Å². The zero-order chi connectivity index (χ0) is 18.9. The van der Waals surface area contributed by atoms with Gasteiger partial charge in [-0.1, -0.05) is 32.9 Å². The van der Waals surface area contributed by atoms with E-state index in [4.69, 9.17) is 4.74 Å². The highest BCUT2D eigenvalue weighted by Crippen LogP contribution is 2.40. The van der Waals surface area contributed by atoms with E-state index in [0.29, 0.717) is 22.6 Å². The Bertz CT molecular complexity index is 842. The van der Waals surface area contributed by atoms with Gasteiger partial charge in [0, 0.05) is 0 Å². The Labute approximate surface area is 154 Å². The minimum Gasteiger partial charge on any atom is -0.454 e. The summed E-state index contributed by atoms with van der Waals surface area (Å²) in [5, 5.41) is 0.537. The smallest absolute Gasteiger partial charge is 0.309 e. The van der Waals surface area contributed by atoms with Gasteiger partial charge >= 0.3 is 5.97 Å². The number of aromatic nitrogens is 2. The van der Waals surface area contributed by atoms with Crippen LogP contribution in [0.25, 0.3) is 10.9 Å². The lowest BCUT2D eigenvalue weighted by atomic mass is 9.70. The van der Waals surface area contributed by atoms with Gasteiger partial charge in [-0.2, -0.15) is 0 Å². The first-order valence-electron chi connectivity index (χ1n) is 9.45. The van der Waals surface area contributed by atoms with E-state index < -0.39 is 6.10 Å². The van der Waals surface area contributed by atoms with Crippen LogP contribution in [0.2, 0.25) is 0 Å². The van der Waals surface area contributed by atoms with Crippen LogP contribution in [-0.2, 0) is 9.53 Å². The molecule has 1 aliphatic carbocycles. The summed E-state index contributed by atoms with van der Waals surface area (Å²) < 4.78 is 5.63. The molecule has 1 N–H and O–H groups in total. The fourth-order valence-corrected chi connectivity index (χ4v) is 3.82. The van der Waals surface area contributed by atoms with Gasteiger partial charge in [-0.25, -0.2) is 4.98 Å². The second kappa shape index (κ2) is 7.22. The second-order valence-electron chi connectivity index (χ2n) is 8.46. The summed E-state index contributed by atoms with van der Waals surface area (Å²) in [5.41, 5.74) is 0.690. The van der Waals surface area contributed by atoms with Crippen molar-refractivity contribution in [2.45, 2.75) is 59.5 Å². The molecule has 0 saturated heterocycles. The number of nitrogens with zero attached hydrogens (tertiary/aromatic N) is 1. The number of esters is 1. The van der Waals surface area contributed by atoms with Gasteiger partial charge in [0.15, 0.2) is 11.9 Å². The number of rotatable bonds is 3. The van der Waals surface area contributed by atoms with Crippen LogP contribution in [0.15, 0.2) is 29.1 Å². The highest BCUT2D eigenvalue weighted by molar-refractivity contribution is 5.77. The van der Waals surface area contributed by atoms with E-state index in [-0.39, 0.29) is 22.9 Å². The molecule has 1 unspecified atom stereocenters. The lowest BCUT2D eigenvalue weighted by Gasteiger charge is -2.36. The molecule has 1 aliphatic rings. The van der Waals surface area contributed by atoms with Crippen molar-refractivity contribution in [3.8, 4) is 0 Å². The molecule has 3 rings (SSSR count). The molecule has 26 heavy (non-hydrogen) atoms. The van der Waals surface area contributed by atoms with Gasteiger partial charge in [-0.15, -0.1) is 0 Å². The molecule has 140 valence electrons. The summed E-state index contributed by atoms with van der Waals surface area (Å²) in [6.07, 6.45) is 3.29. The number of H-pyrrole nitrogens is 1. The van der Waals surface area contributed by atoms with Gasteiger partial charge in [0.2, 0.25) is 0 Å². The Hall–Kier alpha value is -2.17. The summed E-state index contributed by atoms with van der Waals surface area (Å²) in [5.74, 6) is 0.816. The van der Waals surface area contributed by atoms with Crippen molar-refractivity contribution >= 4 is 16.9 Å². The monoisotopic (exact) mass is 356 g/mol. The number of carbonyl (C=O) groups excluding carboxylic acids is 1. The van der Waals surface area contributed by atoms with Crippen molar-refractivity contribution in [2.75, 3.05) is 0 Å². The van der Waals surface area contributed by atoms with E-state index in [2.05, 4.69) is 30.7 Å². The van der Waals surface area contributed by atoms with Crippen molar-refractivity contribution in [2.24, 2.45) is 17.3 Å². The summed E-state index contributed by atoms with van der Waals surface area (Å²) in [6.45, 7) is 8.55. The number of hydrogen-bond donors (Lipinski definition) is 1. The van der Waals surface area contributed by atoms with Crippen LogP contribution in [0.4, 0.5) is 0 Å². The Morgan fingerprint density at radius 3 is 2.50 bits per heavy atom. The van der Waals surface area contributed by atoms with Crippen molar-refractivity contribution in [3.05, 3.63) is 40.4 Å². The number of fused-ring (bicyclic) bond motifs is 1. The summed E-state index contributed by atoms with van der Waals surface area (Å²) in [4.78, 5) is 31.9. The predicted molar refractivity (Wildman–Crippen MR) is 102 cm³/mol. The van der Waals surface area contributed by atoms with Crippen LogP contribution < -0.4 is 5.56 Å². The molecule has 1 aromatic heterocycles. The quantitative estimate of drug-likeness (QED) is 0.829. The van der Waals surface area contributed by atoms with Crippen molar-refractivity contribution in [3.63, 3.8) is 0 Å². The van der Waals surface area contributed by atoms with Crippen molar-refractivity contribution in [1.82, 2.24) is 9.97 Å². The summed E-state index contributed by atoms with van der Waals surface area (Å²) in [6, 6.07) is 7.16. The van der Waals surface area contributed by atoms with Crippen LogP contribution in [-0.4, -0.2) is 15.9 Å². The molecular weight excluding hydrogens is 328 g/mol. The Kier molecular flexibility index (Phi) is 5.17. The van der Waals surface area contributed by atoms with Crippen molar-refractivity contribution in [1.29, 1.82) is 0 Å². The number of nitrogens with one attached hydrogen (secondary N) is 1. The first-order valence-corrected chi connectivity index (χ1v) is 9.45. The van der Waals surface area contributed by atoms with Gasteiger partial charge < -0.3 is 9.72 Å². The first-order chi connectivity index (χ1) is 12.3. The molecule has 1 saturated carbocycles. The topological polar surface area (TPSA) is 72.0 Å². The van der Waals surface area contributed by atoms with Gasteiger partial charge in [-0.05, 0) is 56.1 Å². The van der Waals surface area contributed by atoms with Gasteiger partial charge in [0.25, 0.3) is 5.56 Å². The zero-order valence-electron chi connectivity index (χ0n) is 16.0. The molecule has 1 fully saturated rings. The van der Waals surface area contributed by atoms with Gasteiger partial charge in [0.1, 0.15) is 0 Å². The molecule has 1 heterocycles. The maximum absolute atomic E-state index is 12.5. The Morgan fingerprint density at radius 2 is 1.85 bits per heavy atom. The number of hydrogen-bond acceptors (Lipinski definition) is 4. The zero-order valence-corrected chi connectivity index (χ0v) is 16.0. The maximum Gasteiger partial charge on any atom is 0.309 e. The molecule has 0 radical (unpaired) electrons. The molecule has 1 aromatic carbocycles. The third-order valence-electron chi connectivity index (χ3n) is 5.59. The van der Waals surface area contributed by atoms with E-state index >= 15 is 0 Å². The number of carbonyl (C=O) groups is 1. The minimum absolute atomic E-state index is 0.0526. The molecule has 5 nitrogen and oxygen atoms in total. The second-order valence-corrected chi connectivity index (χ2v) is 8.46. The maximum atomic E-state index is 12.5. The molecule has 0 bridgehead atoms. The Morgan fingerprint density at radius 1 is 1.19 bits per heavy atom. The first kappa shape index (κ1) is 18.6. The molecule has 0 amide bonds. The predicted octanol–water partition coefficient (Wildman–Crippen LogP) is 4.38. The van der Waals surface area contributed by atoms with Gasteiger partial charge in [-0.3, -0.25) is 9.59 Å². The summed E-state index contributed by atoms with van der Waals surface area (Å²) in [7, 11) is 0. The highest BCUT2D eigenvalue weighted by atomic mass is 16.5. The number of ether oxygens (including phenoxy) is 1. The molecule has 0 aliphatic heterocycles. The molecule has 5 heteroatoms. The van der Waals surface area contributed by atoms with E-state index in [0.717, 1.165) is 25.7 Å². The molecule has 1 atom stereocenters. The fourth-order valence-electron chi connectivity index (χ4n) is 3.82. The molecular formula is C21H28N2O3. The van der Waals surface area contributed by atoms with E-state index in [1.165, 1.54) is 0 Å². The SMILES string of the molecule is CC(OC(=O)C1CCC(C(C)(C)C)CC1)c1nc2ccccc2c(=O)[nH]1. The Balaban J connectivity index is 1.66. The average molecular weight is 356 g/mol. The third-order valence-corrected chi connectivity index (χ3v) is 5.59. The third kappa shape index (κ3) is 3.97. The van der Waals surface area contributed by atoms with Crippen LogP contribution in [0, 0.1) is 17.3 Å². The number of aromatic amines is 1. The van der Waals surface area contributed by atoms with Gasteiger partial charge in [0.05, 0.1) is 16.8 Å². The number of para-hydroxylation sites is 1. The van der Waals surface area contributed by atoms with E-state index in [1.54, 1.807) is 25.1 Å².